The average molecular weight is 225 g/mol. The molecule has 4 nitrogen and oxygen atoms in total. The van der Waals surface area contributed by atoms with Gasteiger partial charge in [-0.2, -0.15) is 0 Å². The number of carbonyl (C=O) groups excluding carboxylic acids is 1. The number of carbonyl (C=O) groups is 1. The molecule has 0 aromatic carbocycles. The van der Waals surface area contributed by atoms with Gasteiger partial charge < -0.3 is 9.47 Å². The predicted molar refractivity (Wildman–Crippen MR) is 60.9 cm³/mol. The van der Waals surface area contributed by atoms with Crippen molar-refractivity contribution < 1.29 is 14.3 Å². The molecule has 1 rings (SSSR count). The fraction of sp³-hybridized carbons (Fsp3) is 0.750. The molecule has 0 aromatic rings. The van der Waals surface area contributed by atoms with E-state index in [1.165, 1.54) is 6.92 Å². The third-order valence-corrected chi connectivity index (χ3v) is 2.35. The van der Waals surface area contributed by atoms with E-state index in [0.29, 0.717) is 0 Å². The maximum Gasteiger partial charge on any atom is 0.303 e. The molecule has 90 valence electrons. The van der Waals surface area contributed by atoms with Crippen LogP contribution in [0.25, 0.3) is 0 Å². The Morgan fingerprint density at radius 1 is 1.50 bits per heavy atom. The first-order valence-electron chi connectivity index (χ1n) is 5.68. The lowest BCUT2D eigenvalue weighted by atomic mass is 10.3. The smallest absolute Gasteiger partial charge is 0.303 e. The summed E-state index contributed by atoms with van der Waals surface area (Å²) in [6, 6.07) is 0. The lowest BCUT2D eigenvalue weighted by Crippen LogP contribution is -2.36. The number of esters is 1. The number of rotatable bonds is 3. The molecule has 1 atom stereocenters. The summed E-state index contributed by atoms with van der Waals surface area (Å²) in [4.78, 5) is 13.0. The molecule has 0 aliphatic carbocycles. The Labute approximate surface area is 96.9 Å². The van der Waals surface area contributed by atoms with Crippen LogP contribution in [0.2, 0.25) is 0 Å². The van der Waals surface area contributed by atoms with Gasteiger partial charge in [0.05, 0.1) is 19.8 Å². The largest absolute Gasteiger partial charge is 0.449 e. The molecule has 4 heteroatoms. The van der Waals surface area contributed by atoms with E-state index in [1.54, 1.807) is 0 Å². The van der Waals surface area contributed by atoms with Gasteiger partial charge in [0.15, 0.2) is 6.10 Å². The molecule has 0 radical (unpaired) electrons. The Kier molecular flexibility index (Phi) is 5.91. The van der Waals surface area contributed by atoms with Crippen molar-refractivity contribution in [1.82, 2.24) is 4.90 Å². The highest BCUT2D eigenvalue weighted by atomic mass is 16.5. The fourth-order valence-electron chi connectivity index (χ4n) is 1.45. The highest BCUT2D eigenvalue weighted by Crippen LogP contribution is 1.98. The zero-order valence-corrected chi connectivity index (χ0v) is 9.99. The van der Waals surface area contributed by atoms with Crippen LogP contribution in [0.1, 0.15) is 20.3 Å². The maximum atomic E-state index is 10.8. The van der Waals surface area contributed by atoms with Gasteiger partial charge in [-0.3, -0.25) is 9.69 Å². The minimum atomic E-state index is -0.271. The zero-order valence-electron chi connectivity index (χ0n) is 9.99. The van der Waals surface area contributed by atoms with E-state index in [-0.39, 0.29) is 12.1 Å². The van der Waals surface area contributed by atoms with Gasteiger partial charge in [-0.15, -0.1) is 0 Å². The molecule has 0 N–H and O–H groups in total. The fourth-order valence-corrected chi connectivity index (χ4v) is 1.45. The van der Waals surface area contributed by atoms with E-state index >= 15 is 0 Å². The quantitative estimate of drug-likeness (QED) is 0.522. The Morgan fingerprint density at radius 3 is 2.75 bits per heavy atom. The minimum Gasteiger partial charge on any atom is -0.449 e. The maximum absolute atomic E-state index is 10.8. The number of hydrogen-bond donors (Lipinski definition) is 0. The van der Waals surface area contributed by atoms with Crippen LogP contribution in [-0.4, -0.2) is 49.8 Å². The number of hydrogen-bond acceptors (Lipinski definition) is 4. The first-order valence-corrected chi connectivity index (χ1v) is 5.68. The highest BCUT2D eigenvalue weighted by molar-refractivity contribution is 5.66. The molecule has 1 saturated heterocycles. The average Bonchev–Trinajstić information content (AvgIpc) is 2.28. The van der Waals surface area contributed by atoms with Gasteiger partial charge in [0.2, 0.25) is 0 Å². The molecule has 1 aliphatic rings. The molecule has 1 heterocycles. The van der Waals surface area contributed by atoms with Crippen molar-refractivity contribution in [2.24, 2.45) is 0 Å². The standard InChI is InChI=1S/C12H19NO3/c1-3-12(16-11(2)14)5-4-6-13-7-9-15-10-8-13/h12H,3,6-10H2,1-2H3/t12-/m1/s1. The summed E-state index contributed by atoms with van der Waals surface area (Å²) < 4.78 is 10.3. The molecule has 0 amide bonds. The molecular formula is C12H19NO3. The van der Waals surface area contributed by atoms with Gasteiger partial charge in [-0.05, 0) is 6.42 Å². The van der Waals surface area contributed by atoms with Gasteiger partial charge >= 0.3 is 5.97 Å². The van der Waals surface area contributed by atoms with Crippen LogP contribution >= 0.6 is 0 Å². The number of ether oxygens (including phenoxy) is 2. The van der Waals surface area contributed by atoms with Gasteiger partial charge in [0, 0.05) is 20.0 Å². The van der Waals surface area contributed by atoms with Crippen molar-refractivity contribution >= 4 is 5.97 Å². The second-order valence-corrected chi connectivity index (χ2v) is 3.72. The Balaban J connectivity index is 2.30. The number of morpholine rings is 1. The second-order valence-electron chi connectivity index (χ2n) is 3.72. The van der Waals surface area contributed by atoms with Crippen molar-refractivity contribution in [2.75, 3.05) is 32.8 Å². The summed E-state index contributed by atoms with van der Waals surface area (Å²) >= 11 is 0. The van der Waals surface area contributed by atoms with Crippen LogP contribution < -0.4 is 0 Å². The third-order valence-electron chi connectivity index (χ3n) is 2.35. The van der Waals surface area contributed by atoms with Crippen molar-refractivity contribution in [3.8, 4) is 11.8 Å². The Morgan fingerprint density at radius 2 is 2.19 bits per heavy atom. The first-order chi connectivity index (χ1) is 7.72. The molecular weight excluding hydrogens is 206 g/mol. The molecule has 1 fully saturated rings. The van der Waals surface area contributed by atoms with E-state index in [1.807, 2.05) is 6.92 Å². The summed E-state index contributed by atoms with van der Waals surface area (Å²) in [6.07, 6.45) is 0.467. The van der Waals surface area contributed by atoms with Crippen molar-refractivity contribution in [3.05, 3.63) is 0 Å². The van der Waals surface area contributed by atoms with Crippen LogP contribution in [0.3, 0.4) is 0 Å². The highest BCUT2D eigenvalue weighted by Gasteiger charge is 2.08. The zero-order chi connectivity index (χ0) is 11.8. The third kappa shape index (κ3) is 5.15. The van der Waals surface area contributed by atoms with Gasteiger partial charge in [-0.25, -0.2) is 0 Å². The topological polar surface area (TPSA) is 38.8 Å². The first kappa shape index (κ1) is 13.0. The summed E-state index contributed by atoms with van der Waals surface area (Å²) in [6.45, 7) is 7.51. The van der Waals surface area contributed by atoms with Crippen molar-refractivity contribution in [2.45, 2.75) is 26.4 Å². The molecule has 1 aliphatic heterocycles. The Hall–Kier alpha value is -1.05. The molecule has 0 unspecified atom stereocenters. The summed E-state index contributed by atoms with van der Waals surface area (Å²) in [5, 5.41) is 0. The van der Waals surface area contributed by atoms with Gasteiger partial charge in [0.1, 0.15) is 0 Å². The number of nitrogens with zero attached hydrogens (tertiary/aromatic N) is 1. The van der Waals surface area contributed by atoms with Crippen molar-refractivity contribution in [3.63, 3.8) is 0 Å². The van der Waals surface area contributed by atoms with Crippen LogP contribution in [0.4, 0.5) is 0 Å². The molecule has 0 spiro atoms. The van der Waals surface area contributed by atoms with Crippen LogP contribution in [0.15, 0.2) is 0 Å². The summed E-state index contributed by atoms with van der Waals surface area (Å²) in [5.74, 6) is 5.76. The van der Waals surface area contributed by atoms with Crippen molar-refractivity contribution in [1.29, 1.82) is 0 Å². The summed E-state index contributed by atoms with van der Waals surface area (Å²) in [5.41, 5.74) is 0. The van der Waals surface area contributed by atoms with Crippen LogP contribution in [0.5, 0.6) is 0 Å². The predicted octanol–water partition coefficient (Wildman–Crippen LogP) is 0.664. The second kappa shape index (κ2) is 7.26. The van der Waals surface area contributed by atoms with E-state index < -0.39 is 0 Å². The van der Waals surface area contributed by atoms with E-state index in [2.05, 4.69) is 16.7 Å². The SMILES string of the molecule is CC[C@H](C#CCN1CCOCC1)OC(C)=O. The van der Waals surface area contributed by atoms with Crippen LogP contribution in [0, 0.1) is 11.8 Å². The lowest BCUT2D eigenvalue weighted by Gasteiger charge is -2.24. The van der Waals surface area contributed by atoms with Gasteiger partial charge in [0.25, 0.3) is 0 Å². The normalized spacial score (nSPS) is 18.4. The molecule has 16 heavy (non-hydrogen) atoms. The van der Waals surface area contributed by atoms with E-state index in [9.17, 15) is 4.79 Å². The van der Waals surface area contributed by atoms with E-state index in [4.69, 9.17) is 9.47 Å². The van der Waals surface area contributed by atoms with Gasteiger partial charge in [-0.1, -0.05) is 18.8 Å². The minimum absolute atomic E-state index is 0.265. The molecule has 0 aromatic heterocycles. The molecule has 0 saturated carbocycles. The molecule has 0 bridgehead atoms. The van der Waals surface area contributed by atoms with Crippen LogP contribution in [-0.2, 0) is 14.3 Å². The Bertz CT molecular complexity index is 274. The van der Waals surface area contributed by atoms with E-state index in [0.717, 1.165) is 39.3 Å². The lowest BCUT2D eigenvalue weighted by molar-refractivity contribution is -0.143. The summed E-state index contributed by atoms with van der Waals surface area (Å²) in [7, 11) is 0. The monoisotopic (exact) mass is 225 g/mol.